The Morgan fingerprint density at radius 2 is 1.62 bits per heavy atom. The zero-order chi connectivity index (χ0) is 15.1. The number of hydrogen-bond acceptors (Lipinski definition) is 2. The number of para-hydroxylation sites is 1. The van der Waals surface area contributed by atoms with Gasteiger partial charge in [0, 0.05) is 17.8 Å². The fraction of sp³-hybridized carbons (Fsp3) is 0.0588. The molecule has 0 radical (unpaired) electrons. The summed E-state index contributed by atoms with van der Waals surface area (Å²) in [4.78, 5) is 22.1. The van der Waals surface area contributed by atoms with Gasteiger partial charge in [-0.1, -0.05) is 48.5 Å². The van der Waals surface area contributed by atoms with Gasteiger partial charge in [-0.3, -0.25) is 4.79 Å². The summed E-state index contributed by atoms with van der Waals surface area (Å²) < 4.78 is 0. The highest BCUT2D eigenvalue weighted by Gasteiger charge is 2.05. The molecule has 1 amide bonds. The Labute approximate surface area is 122 Å². The van der Waals surface area contributed by atoms with E-state index in [0.717, 1.165) is 23.3 Å². The number of amides is 1. The summed E-state index contributed by atoms with van der Waals surface area (Å²) in [5.74, 6) is -1.61. The average molecular weight is 281 g/mol. The summed E-state index contributed by atoms with van der Waals surface area (Å²) in [6.45, 7) is 0. The van der Waals surface area contributed by atoms with E-state index in [1.807, 2.05) is 48.5 Å². The van der Waals surface area contributed by atoms with Crippen molar-refractivity contribution in [2.75, 3.05) is 5.32 Å². The van der Waals surface area contributed by atoms with Crippen LogP contribution in [-0.4, -0.2) is 17.0 Å². The Kier molecular flexibility index (Phi) is 4.88. The molecule has 0 saturated carbocycles. The number of aliphatic carboxylic acids is 1. The van der Waals surface area contributed by atoms with Crippen LogP contribution in [-0.2, 0) is 16.0 Å². The highest BCUT2D eigenvalue weighted by Crippen LogP contribution is 2.19. The van der Waals surface area contributed by atoms with E-state index in [9.17, 15) is 9.59 Å². The molecule has 4 nitrogen and oxygen atoms in total. The van der Waals surface area contributed by atoms with Gasteiger partial charge in [-0.2, -0.15) is 0 Å². The highest BCUT2D eigenvalue weighted by molar-refractivity contribution is 6.02. The van der Waals surface area contributed by atoms with Crippen molar-refractivity contribution >= 4 is 17.6 Å². The number of carboxylic acid groups (broad SMARTS) is 1. The lowest BCUT2D eigenvalue weighted by molar-refractivity contribution is -0.131. The van der Waals surface area contributed by atoms with Gasteiger partial charge in [0.2, 0.25) is 5.91 Å². The molecule has 0 heterocycles. The van der Waals surface area contributed by atoms with Crippen LogP contribution in [0.25, 0.3) is 0 Å². The molecule has 0 unspecified atom stereocenters. The van der Waals surface area contributed by atoms with Crippen LogP contribution >= 0.6 is 0 Å². The summed E-state index contributed by atoms with van der Waals surface area (Å²) in [6, 6.07) is 17.4. The van der Waals surface area contributed by atoms with Crippen molar-refractivity contribution in [1.82, 2.24) is 0 Å². The van der Waals surface area contributed by atoms with Gasteiger partial charge >= 0.3 is 5.97 Å². The second-order valence-corrected chi connectivity index (χ2v) is 4.48. The average Bonchev–Trinajstić information content (AvgIpc) is 2.48. The number of nitrogens with one attached hydrogen (secondary N) is 1. The molecule has 2 rings (SSSR count). The third-order valence-corrected chi connectivity index (χ3v) is 2.89. The first kappa shape index (κ1) is 14.5. The Morgan fingerprint density at radius 1 is 0.952 bits per heavy atom. The van der Waals surface area contributed by atoms with E-state index in [2.05, 4.69) is 5.32 Å². The minimum absolute atomic E-state index is 0.460. The molecule has 0 saturated heterocycles. The van der Waals surface area contributed by atoms with Crippen molar-refractivity contribution in [1.29, 1.82) is 0 Å². The number of hydrogen-bond donors (Lipinski definition) is 2. The van der Waals surface area contributed by atoms with Crippen molar-refractivity contribution < 1.29 is 14.7 Å². The zero-order valence-electron chi connectivity index (χ0n) is 11.3. The van der Waals surface area contributed by atoms with E-state index >= 15 is 0 Å². The van der Waals surface area contributed by atoms with Gasteiger partial charge in [-0.25, -0.2) is 4.79 Å². The summed E-state index contributed by atoms with van der Waals surface area (Å²) >= 11 is 0. The van der Waals surface area contributed by atoms with Gasteiger partial charge in [0.1, 0.15) is 0 Å². The van der Waals surface area contributed by atoms with Gasteiger partial charge < -0.3 is 10.4 Å². The molecule has 106 valence electrons. The maximum Gasteiger partial charge on any atom is 0.328 e. The maximum atomic E-state index is 11.7. The van der Waals surface area contributed by atoms with Crippen molar-refractivity contribution in [3.63, 3.8) is 0 Å². The maximum absolute atomic E-state index is 11.7. The third-order valence-electron chi connectivity index (χ3n) is 2.89. The predicted molar refractivity (Wildman–Crippen MR) is 81.1 cm³/mol. The normalized spacial score (nSPS) is 10.5. The monoisotopic (exact) mass is 281 g/mol. The summed E-state index contributed by atoms with van der Waals surface area (Å²) in [7, 11) is 0. The Balaban J connectivity index is 2.14. The number of carboxylic acids is 1. The SMILES string of the molecule is O=C(O)/C=C/C(=O)Nc1ccccc1Cc1ccccc1. The molecule has 2 N–H and O–H groups in total. The van der Waals surface area contributed by atoms with E-state index in [1.165, 1.54) is 0 Å². The molecule has 0 atom stereocenters. The minimum Gasteiger partial charge on any atom is -0.478 e. The zero-order valence-corrected chi connectivity index (χ0v) is 11.3. The third kappa shape index (κ3) is 4.62. The molecule has 0 aliphatic carbocycles. The smallest absolute Gasteiger partial charge is 0.328 e. The van der Waals surface area contributed by atoms with E-state index < -0.39 is 11.9 Å². The summed E-state index contributed by atoms with van der Waals surface area (Å²) in [6.07, 6.45) is 2.51. The molecule has 2 aromatic rings. The molecule has 21 heavy (non-hydrogen) atoms. The summed E-state index contributed by atoms with van der Waals surface area (Å²) in [5.41, 5.74) is 2.79. The van der Waals surface area contributed by atoms with Crippen LogP contribution < -0.4 is 5.32 Å². The van der Waals surface area contributed by atoms with Crippen LogP contribution in [0.15, 0.2) is 66.7 Å². The van der Waals surface area contributed by atoms with Gasteiger partial charge in [0.05, 0.1) is 0 Å². The number of carbonyl (C=O) groups is 2. The standard InChI is InChI=1S/C17H15NO3/c19-16(10-11-17(20)21)18-15-9-5-4-8-14(15)12-13-6-2-1-3-7-13/h1-11H,12H2,(H,18,19)(H,20,21)/b11-10+. The van der Waals surface area contributed by atoms with Crippen molar-refractivity contribution in [2.24, 2.45) is 0 Å². The van der Waals surface area contributed by atoms with Crippen LogP contribution in [0, 0.1) is 0 Å². The minimum atomic E-state index is -1.15. The van der Waals surface area contributed by atoms with Gasteiger partial charge in [0.25, 0.3) is 0 Å². The molecule has 2 aromatic carbocycles. The molecular weight excluding hydrogens is 266 g/mol. The second-order valence-electron chi connectivity index (χ2n) is 4.48. The molecule has 0 bridgehead atoms. The molecule has 0 spiro atoms. The molecule has 0 aliphatic rings. The Morgan fingerprint density at radius 3 is 2.33 bits per heavy atom. The predicted octanol–water partition coefficient (Wildman–Crippen LogP) is 2.86. The fourth-order valence-corrected chi connectivity index (χ4v) is 1.93. The summed E-state index contributed by atoms with van der Waals surface area (Å²) in [5, 5.41) is 11.2. The second kappa shape index (κ2) is 7.05. The molecule has 0 aliphatic heterocycles. The topological polar surface area (TPSA) is 66.4 Å². The highest BCUT2D eigenvalue weighted by atomic mass is 16.4. The van der Waals surface area contributed by atoms with E-state index in [-0.39, 0.29) is 0 Å². The van der Waals surface area contributed by atoms with Crippen LogP contribution in [0.3, 0.4) is 0 Å². The van der Waals surface area contributed by atoms with Crippen LogP contribution in [0.5, 0.6) is 0 Å². The lowest BCUT2D eigenvalue weighted by Gasteiger charge is -2.09. The largest absolute Gasteiger partial charge is 0.478 e. The lowest BCUT2D eigenvalue weighted by Crippen LogP contribution is -2.10. The first-order valence-corrected chi connectivity index (χ1v) is 6.49. The molecule has 0 fully saturated rings. The van der Waals surface area contributed by atoms with Gasteiger partial charge in [0.15, 0.2) is 0 Å². The number of carbonyl (C=O) groups excluding carboxylic acids is 1. The Bertz CT molecular complexity index is 663. The molecule has 4 heteroatoms. The number of benzene rings is 2. The van der Waals surface area contributed by atoms with Crippen molar-refractivity contribution in [3.8, 4) is 0 Å². The van der Waals surface area contributed by atoms with Gasteiger partial charge in [-0.15, -0.1) is 0 Å². The van der Waals surface area contributed by atoms with E-state index in [1.54, 1.807) is 6.07 Å². The van der Waals surface area contributed by atoms with Crippen LogP contribution in [0.4, 0.5) is 5.69 Å². The first-order valence-electron chi connectivity index (χ1n) is 6.49. The van der Waals surface area contributed by atoms with E-state index in [0.29, 0.717) is 12.1 Å². The number of rotatable bonds is 5. The fourth-order valence-electron chi connectivity index (χ4n) is 1.93. The van der Waals surface area contributed by atoms with Crippen molar-refractivity contribution in [3.05, 3.63) is 77.9 Å². The lowest BCUT2D eigenvalue weighted by atomic mass is 10.0. The molecule has 0 aromatic heterocycles. The molecular formula is C17H15NO3. The quantitative estimate of drug-likeness (QED) is 0.828. The van der Waals surface area contributed by atoms with Crippen LogP contribution in [0.2, 0.25) is 0 Å². The van der Waals surface area contributed by atoms with Crippen molar-refractivity contribution in [2.45, 2.75) is 6.42 Å². The van der Waals surface area contributed by atoms with Gasteiger partial charge in [-0.05, 0) is 23.6 Å². The van der Waals surface area contributed by atoms with Crippen LogP contribution in [0.1, 0.15) is 11.1 Å². The van der Waals surface area contributed by atoms with E-state index in [4.69, 9.17) is 5.11 Å². The Hall–Kier alpha value is -2.88. The number of anilines is 1. The first-order chi connectivity index (χ1) is 10.1.